The molecule has 0 aliphatic carbocycles. The molecule has 0 spiro atoms. The van der Waals surface area contributed by atoms with Gasteiger partial charge in [-0.05, 0) is 42.3 Å². The summed E-state index contributed by atoms with van der Waals surface area (Å²) in [7, 11) is 3.19. The fourth-order valence-electron chi connectivity index (χ4n) is 3.12. The van der Waals surface area contributed by atoms with E-state index >= 15 is 0 Å². The van der Waals surface area contributed by atoms with Gasteiger partial charge in [0.05, 0.1) is 23.7 Å². The fourth-order valence-corrected chi connectivity index (χ4v) is 4.16. The van der Waals surface area contributed by atoms with Gasteiger partial charge in [0.15, 0.2) is 11.5 Å². The number of thiophene rings is 1. The fraction of sp³-hybridized carbons (Fsp3) is 0.182. The summed E-state index contributed by atoms with van der Waals surface area (Å²) >= 11 is 1.20. The van der Waals surface area contributed by atoms with Crippen LogP contribution in [-0.4, -0.2) is 27.6 Å². The van der Waals surface area contributed by atoms with Crippen LogP contribution in [0.5, 0.6) is 11.5 Å². The summed E-state index contributed by atoms with van der Waals surface area (Å²) in [5, 5.41) is 3.34. The summed E-state index contributed by atoms with van der Waals surface area (Å²) in [5.74, 6) is 0.742. The largest absolute Gasteiger partial charge is 0.493 e. The number of aryl methyl sites for hydroxylation is 2. The molecule has 3 heterocycles. The van der Waals surface area contributed by atoms with E-state index in [-0.39, 0.29) is 11.5 Å². The van der Waals surface area contributed by atoms with Crippen molar-refractivity contribution < 1.29 is 14.3 Å². The number of carbonyl (C=O) groups is 1. The smallest absolute Gasteiger partial charge is 0.266 e. The number of amides is 1. The first-order valence-electron chi connectivity index (χ1n) is 9.43. The van der Waals surface area contributed by atoms with Gasteiger partial charge in [-0.1, -0.05) is 0 Å². The normalized spacial score (nSPS) is 10.8. The Labute approximate surface area is 182 Å². The van der Waals surface area contributed by atoms with Crippen LogP contribution in [0.2, 0.25) is 0 Å². The summed E-state index contributed by atoms with van der Waals surface area (Å²) < 4.78 is 12.7. The number of hydrogen-bond donors (Lipinski definition) is 1. The minimum Gasteiger partial charge on any atom is -0.493 e. The van der Waals surface area contributed by atoms with E-state index in [4.69, 9.17) is 9.47 Å². The number of methoxy groups -OCH3 is 1. The van der Waals surface area contributed by atoms with Crippen molar-refractivity contribution in [2.75, 3.05) is 12.4 Å². The predicted molar refractivity (Wildman–Crippen MR) is 119 cm³/mol. The van der Waals surface area contributed by atoms with Crippen molar-refractivity contribution in [3.8, 4) is 11.5 Å². The molecule has 0 aliphatic rings. The number of anilines is 1. The van der Waals surface area contributed by atoms with E-state index in [0.717, 1.165) is 5.56 Å². The van der Waals surface area contributed by atoms with Gasteiger partial charge in [0.2, 0.25) is 0 Å². The Morgan fingerprint density at radius 2 is 1.97 bits per heavy atom. The van der Waals surface area contributed by atoms with Crippen molar-refractivity contribution in [2.45, 2.75) is 13.5 Å². The molecule has 0 bridgehead atoms. The van der Waals surface area contributed by atoms with Crippen LogP contribution in [0, 0.1) is 6.92 Å². The molecule has 1 N–H and O–H groups in total. The molecule has 1 aromatic carbocycles. The number of nitrogens with one attached hydrogen (secondary N) is 1. The van der Waals surface area contributed by atoms with Crippen molar-refractivity contribution >= 4 is 33.1 Å². The molecule has 4 rings (SSSR count). The third-order valence-electron chi connectivity index (χ3n) is 4.78. The third kappa shape index (κ3) is 4.13. The van der Waals surface area contributed by atoms with Crippen molar-refractivity contribution in [1.82, 2.24) is 14.5 Å². The third-order valence-corrected chi connectivity index (χ3v) is 5.98. The van der Waals surface area contributed by atoms with E-state index in [9.17, 15) is 9.59 Å². The zero-order chi connectivity index (χ0) is 22.0. The van der Waals surface area contributed by atoms with E-state index < -0.39 is 0 Å². The monoisotopic (exact) mass is 436 g/mol. The van der Waals surface area contributed by atoms with Crippen LogP contribution < -0.4 is 20.3 Å². The summed E-state index contributed by atoms with van der Waals surface area (Å²) in [6.07, 6.45) is 4.85. The van der Waals surface area contributed by atoms with E-state index in [1.54, 1.807) is 51.7 Å². The second-order valence-electron chi connectivity index (χ2n) is 6.86. The van der Waals surface area contributed by atoms with E-state index in [2.05, 4.69) is 15.3 Å². The van der Waals surface area contributed by atoms with E-state index in [0.29, 0.717) is 44.5 Å². The molecular formula is C22H20N4O4S. The van der Waals surface area contributed by atoms with Crippen molar-refractivity contribution in [1.29, 1.82) is 0 Å². The number of pyridine rings is 1. The van der Waals surface area contributed by atoms with Gasteiger partial charge in [-0.2, -0.15) is 0 Å². The lowest BCUT2D eigenvalue weighted by molar-refractivity contribution is 0.103. The predicted octanol–water partition coefficient (Wildman–Crippen LogP) is 3.54. The van der Waals surface area contributed by atoms with E-state index in [1.165, 1.54) is 22.2 Å². The standard InChI is InChI=1S/C22H20N4O4S/c1-13-18-21(24-12-26(2)22(18)28)31-19(13)20(27)25-15-4-5-16(29-3)17(10-15)30-11-14-6-8-23-9-7-14/h4-10,12H,11H2,1-3H3,(H,25,27). The number of hydrogen-bond acceptors (Lipinski definition) is 7. The first-order valence-corrected chi connectivity index (χ1v) is 10.3. The Morgan fingerprint density at radius 1 is 1.19 bits per heavy atom. The summed E-state index contributed by atoms with van der Waals surface area (Å²) in [6, 6.07) is 8.89. The minimum atomic E-state index is -0.312. The number of rotatable bonds is 6. The van der Waals surface area contributed by atoms with Crippen molar-refractivity contribution in [3.05, 3.63) is 75.4 Å². The second kappa shape index (κ2) is 8.57. The number of aromatic nitrogens is 3. The molecule has 0 atom stereocenters. The molecule has 0 saturated heterocycles. The summed E-state index contributed by atoms with van der Waals surface area (Å²) in [6.45, 7) is 2.09. The molecule has 0 aliphatic heterocycles. The molecular weight excluding hydrogens is 416 g/mol. The molecule has 4 aromatic rings. The highest BCUT2D eigenvalue weighted by molar-refractivity contribution is 7.20. The minimum absolute atomic E-state index is 0.172. The molecule has 3 aromatic heterocycles. The lowest BCUT2D eigenvalue weighted by Crippen LogP contribution is -2.17. The number of benzene rings is 1. The average Bonchev–Trinajstić information content (AvgIpc) is 3.13. The molecule has 8 nitrogen and oxygen atoms in total. The molecule has 31 heavy (non-hydrogen) atoms. The van der Waals surface area contributed by atoms with Gasteiger partial charge in [-0.25, -0.2) is 4.98 Å². The van der Waals surface area contributed by atoms with Crippen molar-refractivity contribution in [3.63, 3.8) is 0 Å². The van der Waals surface area contributed by atoms with Gasteiger partial charge >= 0.3 is 0 Å². The lowest BCUT2D eigenvalue weighted by atomic mass is 10.2. The number of ether oxygens (including phenoxy) is 2. The zero-order valence-corrected chi connectivity index (χ0v) is 18.0. The molecule has 0 saturated carbocycles. The Hall–Kier alpha value is -3.72. The van der Waals surface area contributed by atoms with Crippen LogP contribution in [-0.2, 0) is 13.7 Å². The number of fused-ring (bicyclic) bond motifs is 1. The quantitative estimate of drug-likeness (QED) is 0.497. The Balaban J connectivity index is 1.58. The number of carbonyl (C=O) groups excluding carboxylic acids is 1. The molecule has 1 amide bonds. The van der Waals surface area contributed by atoms with Gasteiger partial charge in [-0.15, -0.1) is 11.3 Å². The number of nitrogens with zero attached hydrogens (tertiary/aromatic N) is 3. The lowest BCUT2D eigenvalue weighted by Gasteiger charge is -2.13. The average molecular weight is 436 g/mol. The zero-order valence-electron chi connectivity index (χ0n) is 17.2. The maximum absolute atomic E-state index is 12.9. The first-order chi connectivity index (χ1) is 15.0. The van der Waals surface area contributed by atoms with Gasteiger partial charge in [0.25, 0.3) is 11.5 Å². The molecule has 9 heteroatoms. The highest BCUT2D eigenvalue weighted by atomic mass is 32.1. The van der Waals surface area contributed by atoms with Gasteiger partial charge < -0.3 is 19.4 Å². The van der Waals surface area contributed by atoms with Crippen LogP contribution in [0.3, 0.4) is 0 Å². The van der Waals surface area contributed by atoms with Crippen LogP contribution in [0.1, 0.15) is 20.8 Å². The maximum Gasteiger partial charge on any atom is 0.266 e. The van der Waals surface area contributed by atoms with Crippen LogP contribution in [0.25, 0.3) is 10.2 Å². The Kier molecular flexibility index (Phi) is 5.68. The van der Waals surface area contributed by atoms with E-state index in [1.807, 2.05) is 12.1 Å². The summed E-state index contributed by atoms with van der Waals surface area (Å²) in [4.78, 5) is 34.6. The van der Waals surface area contributed by atoms with Crippen molar-refractivity contribution in [2.24, 2.45) is 7.05 Å². The highest BCUT2D eigenvalue weighted by Gasteiger charge is 2.19. The topological polar surface area (TPSA) is 95.3 Å². The first kappa shape index (κ1) is 20.5. The van der Waals surface area contributed by atoms with Gasteiger partial charge in [0.1, 0.15) is 11.4 Å². The molecule has 158 valence electrons. The Morgan fingerprint density at radius 3 is 2.71 bits per heavy atom. The van der Waals surface area contributed by atoms with Crippen LogP contribution >= 0.6 is 11.3 Å². The van der Waals surface area contributed by atoms with Gasteiger partial charge in [0, 0.05) is 31.2 Å². The SMILES string of the molecule is COc1ccc(NC(=O)c2sc3ncn(C)c(=O)c3c2C)cc1OCc1ccncc1. The maximum atomic E-state index is 12.9. The molecule has 0 fully saturated rings. The van der Waals surface area contributed by atoms with Crippen LogP contribution in [0.15, 0.2) is 53.8 Å². The Bertz CT molecular complexity index is 1310. The highest BCUT2D eigenvalue weighted by Crippen LogP contribution is 2.32. The molecule has 0 unspecified atom stereocenters. The second-order valence-corrected chi connectivity index (χ2v) is 7.86. The van der Waals surface area contributed by atoms with Crippen LogP contribution in [0.4, 0.5) is 5.69 Å². The molecule has 0 radical (unpaired) electrons. The summed E-state index contributed by atoms with van der Waals surface area (Å²) in [5.41, 5.74) is 1.96. The van der Waals surface area contributed by atoms with Gasteiger partial charge in [-0.3, -0.25) is 14.6 Å².